The summed E-state index contributed by atoms with van der Waals surface area (Å²) >= 11 is 0. The zero-order valence-corrected chi connectivity index (χ0v) is 11.6. The summed E-state index contributed by atoms with van der Waals surface area (Å²) in [5.41, 5.74) is -0.666. The van der Waals surface area contributed by atoms with Crippen LogP contribution in [0.15, 0.2) is 0 Å². The third kappa shape index (κ3) is 3.67. The van der Waals surface area contributed by atoms with Crippen molar-refractivity contribution in [3.05, 3.63) is 15.8 Å². The summed E-state index contributed by atoms with van der Waals surface area (Å²) in [6.45, 7) is 4.03. The monoisotopic (exact) mass is 299 g/mol. The van der Waals surface area contributed by atoms with Crippen molar-refractivity contribution in [3.63, 3.8) is 0 Å². The van der Waals surface area contributed by atoms with Crippen molar-refractivity contribution in [2.75, 3.05) is 46.5 Å². The zero-order valence-electron chi connectivity index (χ0n) is 11.6. The minimum Gasteiger partial charge on any atom is -0.475 e. The van der Waals surface area contributed by atoms with E-state index in [9.17, 15) is 14.9 Å². The molecule has 1 aliphatic heterocycles. The number of aromatic amines is 1. The molecule has 1 aliphatic rings. The number of rotatable bonds is 6. The molecule has 116 valence electrons. The maximum Gasteiger partial charge on any atom is 0.362 e. The van der Waals surface area contributed by atoms with Crippen molar-refractivity contribution in [1.82, 2.24) is 20.4 Å². The highest BCUT2D eigenvalue weighted by atomic mass is 16.6. The fourth-order valence-electron chi connectivity index (χ4n) is 2.03. The highest BCUT2D eigenvalue weighted by Crippen LogP contribution is 2.27. The number of nitro groups is 1. The summed E-state index contributed by atoms with van der Waals surface area (Å²) in [5, 5.41) is 19.5. The van der Waals surface area contributed by atoms with Gasteiger partial charge in [-0.2, -0.15) is 0 Å². The molecule has 0 radical (unpaired) electrons. The van der Waals surface area contributed by atoms with Gasteiger partial charge in [0.2, 0.25) is 5.69 Å². The molecular weight excluding hydrogens is 282 g/mol. The SMILES string of the molecule is COc1n[nH]c(C(=O)NCCN2CCOCC2)c1[N+](=O)[O-]. The van der Waals surface area contributed by atoms with Crippen molar-refractivity contribution in [2.45, 2.75) is 0 Å². The predicted molar refractivity (Wildman–Crippen MR) is 71.4 cm³/mol. The number of nitrogens with one attached hydrogen (secondary N) is 2. The van der Waals surface area contributed by atoms with E-state index in [0.717, 1.165) is 13.1 Å². The molecule has 2 rings (SSSR count). The van der Waals surface area contributed by atoms with Crippen LogP contribution in [0.1, 0.15) is 10.5 Å². The van der Waals surface area contributed by atoms with E-state index in [0.29, 0.717) is 26.3 Å². The number of carbonyl (C=O) groups excluding carboxylic acids is 1. The Morgan fingerprint density at radius 1 is 1.57 bits per heavy atom. The molecular formula is C11H17N5O5. The van der Waals surface area contributed by atoms with E-state index in [-0.39, 0.29) is 11.6 Å². The van der Waals surface area contributed by atoms with Crippen LogP contribution in [0.3, 0.4) is 0 Å². The molecule has 1 amide bonds. The first-order valence-electron chi connectivity index (χ1n) is 6.48. The molecule has 0 atom stereocenters. The number of nitrogens with zero attached hydrogens (tertiary/aromatic N) is 3. The molecule has 1 aromatic rings. The van der Waals surface area contributed by atoms with Gasteiger partial charge in [-0.05, 0) is 0 Å². The number of carbonyl (C=O) groups is 1. The standard InChI is InChI=1S/C11H17N5O5/c1-20-11-9(16(18)19)8(13-14-11)10(17)12-2-3-15-4-6-21-7-5-15/h2-7H2,1H3,(H,12,17)(H,13,14). The molecule has 21 heavy (non-hydrogen) atoms. The van der Waals surface area contributed by atoms with Gasteiger partial charge in [0.05, 0.1) is 25.2 Å². The molecule has 0 saturated carbocycles. The van der Waals surface area contributed by atoms with E-state index in [1.807, 2.05) is 0 Å². The third-order valence-electron chi connectivity index (χ3n) is 3.13. The second-order valence-corrected chi connectivity index (χ2v) is 4.42. The Balaban J connectivity index is 1.91. The molecule has 10 nitrogen and oxygen atoms in total. The van der Waals surface area contributed by atoms with Crippen LogP contribution in [0.4, 0.5) is 5.69 Å². The molecule has 2 heterocycles. The van der Waals surface area contributed by atoms with Gasteiger partial charge in [0.25, 0.3) is 5.91 Å². The first-order chi connectivity index (χ1) is 10.1. The number of hydrogen-bond acceptors (Lipinski definition) is 7. The van der Waals surface area contributed by atoms with Gasteiger partial charge in [-0.25, -0.2) is 0 Å². The highest BCUT2D eigenvalue weighted by Gasteiger charge is 2.29. The maximum atomic E-state index is 12.0. The Bertz CT molecular complexity index is 511. The lowest BCUT2D eigenvalue weighted by Gasteiger charge is -2.26. The van der Waals surface area contributed by atoms with Gasteiger partial charge in [-0.1, -0.05) is 0 Å². The van der Waals surface area contributed by atoms with Gasteiger partial charge in [-0.3, -0.25) is 24.9 Å². The Kier molecular flexibility index (Phi) is 5.06. The van der Waals surface area contributed by atoms with Crippen LogP contribution in [0.25, 0.3) is 0 Å². The van der Waals surface area contributed by atoms with Gasteiger partial charge >= 0.3 is 11.6 Å². The van der Waals surface area contributed by atoms with Crippen LogP contribution in [0.5, 0.6) is 5.88 Å². The molecule has 1 fully saturated rings. The van der Waals surface area contributed by atoms with Crippen molar-refractivity contribution < 1.29 is 19.2 Å². The quantitative estimate of drug-likeness (QED) is 0.530. The number of ether oxygens (including phenoxy) is 2. The molecule has 1 saturated heterocycles. The Morgan fingerprint density at radius 3 is 2.90 bits per heavy atom. The lowest BCUT2D eigenvalue weighted by molar-refractivity contribution is -0.386. The smallest absolute Gasteiger partial charge is 0.362 e. The van der Waals surface area contributed by atoms with Gasteiger partial charge in [0.1, 0.15) is 0 Å². The number of amides is 1. The lowest BCUT2D eigenvalue weighted by atomic mass is 10.3. The maximum absolute atomic E-state index is 12.0. The summed E-state index contributed by atoms with van der Waals surface area (Å²) in [5.74, 6) is -0.788. The van der Waals surface area contributed by atoms with Gasteiger partial charge in [0.15, 0.2) is 0 Å². The second-order valence-electron chi connectivity index (χ2n) is 4.42. The van der Waals surface area contributed by atoms with E-state index in [1.165, 1.54) is 7.11 Å². The van der Waals surface area contributed by atoms with E-state index in [2.05, 4.69) is 20.4 Å². The predicted octanol–water partition coefficient (Wildman–Crippen LogP) is -0.611. The summed E-state index contributed by atoms with van der Waals surface area (Å²) in [6.07, 6.45) is 0. The molecule has 2 N–H and O–H groups in total. The van der Waals surface area contributed by atoms with Gasteiger partial charge < -0.3 is 14.8 Å². The van der Waals surface area contributed by atoms with E-state index in [1.54, 1.807) is 0 Å². The first kappa shape index (κ1) is 15.2. The number of hydrogen-bond donors (Lipinski definition) is 2. The summed E-state index contributed by atoms with van der Waals surface area (Å²) in [7, 11) is 1.25. The number of morpholine rings is 1. The van der Waals surface area contributed by atoms with E-state index < -0.39 is 16.5 Å². The summed E-state index contributed by atoms with van der Waals surface area (Å²) in [4.78, 5) is 24.4. The third-order valence-corrected chi connectivity index (χ3v) is 3.13. The molecule has 0 unspecified atom stereocenters. The van der Waals surface area contributed by atoms with Crippen molar-refractivity contribution in [1.29, 1.82) is 0 Å². The Morgan fingerprint density at radius 2 is 2.29 bits per heavy atom. The Hall–Kier alpha value is -2.20. The van der Waals surface area contributed by atoms with Crippen LogP contribution < -0.4 is 10.1 Å². The molecule has 0 aromatic carbocycles. The largest absolute Gasteiger partial charge is 0.475 e. The second kappa shape index (κ2) is 6.99. The number of methoxy groups -OCH3 is 1. The molecule has 0 aliphatic carbocycles. The van der Waals surface area contributed by atoms with Crippen LogP contribution in [-0.2, 0) is 4.74 Å². The van der Waals surface area contributed by atoms with Crippen LogP contribution in [0, 0.1) is 10.1 Å². The summed E-state index contributed by atoms with van der Waals surface area (Å²) < 4.78 is 9.97. The van der Waals surface area contributed by atoms with Crippen molar-refractivity contribution >= 4 is 11.6 Å². The minimum atomic E-state index is -0.695. The van der Waals surface area contributed by atoms with E-state index >= 15 is 0 Å². The van der Waals surface area contributed by atoms with Gasteiger partial charge in [-0.15, -0.1) is 5.10 Å². The fourth-order valence-corrected chi connectivity index (χ4v) is 2.03. The topological polar surface area (TPSA) is 123 Å². The average molecular weight is 299 g/mol. The summed E-state index contributed by atoms with van der Waals surface area (Å²) in [6, 6.07) is 0. The van der Waals surface area contributed by atoms with Crippen molar-refractivity contribution in [3.8, 4) is 5.88 Å². The minimum absolute atomic E-state index is 0.209. The molecule has 0 bridgehead atoms. The lowest BCUT2D eigenvalue weighted by Crippen LogP contribution is -2.41. The number of aromatic nitrogens is 2. The normalized spacial score (nSPS) is 15.7. The molecule has 0 spiro atoms. The number of H-pyrrole nitrogens is 1. The van der Waals surface area contributed by atoms with Crippen LogP contribution >= 0.6 is 0 Å². The first-order valence-corrected chi connectivity index (χ1v) is 6.48. The van der Waals surface area contributed by atoms with Crippen molar-refractivity contribution in [2.24, 2.45) is 0 Å². The van der Waals surface area contributed by atoms with Crippen LogP contribution in [-0.4, -0.2) is 72.4 Å². The zero-order chi connectivity index (χ0) is 15.2. The van der Waals surface area contributed by atoms with Gasteiger partial charge in [0, 0.05) is 26.2 Å². The molecule has 1 aromatic heterocycles. The average Bonchev–Trinajstić information content (AvgIpc) is 2.92. The van der Waals surface area contributed by atoms with E-state index in [4.69, 9.17) is 9.47 Å². The fraction of sp³-hybridized carbons (Fsp3) is 0.636. The van der Waals surface area contributed by atoms with Crippen LogP contribution in [0.2, 0.25) is 0 Å². The highest BCUT2D eigenvalue weighted by molar-refractivity contribution is 5.97. The Labute approximate surface area is 120 Å². The molecule has 10 heteroatoms.